The van der Waals surface area contributed by atoms with Crippen LogP contribution in [-0.4, -0.2) is 16.6 Å². The summed E-state index contributed by atoms with van der Waals surface area (Å²) in [6.45, 7) is 3.63. The van der Waals surface area contributed by atoms with E-state index in [1.165, 1.54) is 0 Å². The van der Waals surface area contributed by atoms with Crippen molar-refractivity contribution in [3.05, 3.63) is 93.1 Å². The van der Waals surface area contributed by atoms with Gasteiger partial charge in [0.05, 0.1) is 16.5 Å². The second-order valence-corrected chi connectivity index (χ2v) is 7.85. The van der Waals surface area contributed by atoms with Gasteiger partial charge in [-0.05, 0) is 48.4 Å². The van der Waals surface area contributed by atoms with E-state index in [0.717, 1.165) is 22.4 Å². The van der Waals surface area contributed by atoms with Crippen molar-refractivity contribution < 1.29 is 9.15 Å². The fourth-order valence-electron chi connectivity index (χ4n) is 3.92. The molecule has 0 amide bonds. The maximum atomic E-state index is 13.3. The first-order valence-electron chi connectivity index (χ1n) is 9.69. The molecule has 0 saturated carbocycles. The van der Waals surface area contributed by atoms with Crippen LogP contribution in [0.1, 0.15) is 16.9 Å². The molecule has 5 rings (SSSR count). The number of fused-ring (bicyclic) bond motifs is 3. The van der Waals surface area contributed by atoms with E-state index in [1.54, 1.807) is 24.4 Å². The highest BCUT2D eigenvalue weighted by atomic mass is 35.5. The molecule has 0 aliphatic carbocycles. The molecule has 0 radical (unpaired) electrons. The molecule has 0 bridgehead atoms. The van der Waals surface area contributed by atoms with E-state index < -0.39 is 0 Å². The van der Waals surface area contributed by atoms with E-state index >= 15 is 0 Å². The molecule has 1 aliphatic rings. The highest BCUT2D eigenvalue weighted by molar-refractivity contribution is 6.30. The Morgan fingerprint density at radius 1 is 1.13 bits per heavy atom. The van der Waals surface area contributed by atoms with Crippen molar-refractivity contribution in [1.29, 1.82) is 0 Å². The van der Waals surface area contributed by atoms with Gasteiger partial charge in [-0.15, -0.1) is 0 Å². The van der Waals surface area contributed by atoms with Crippen LogP contribution >= 0.6 is 11.6 Å². The molecule has 6 heteroatoms. The molecule has 0 N–H and O–H groups in total. The maximum Gasteiger partial charge on any atom is 0.200 e. The third-order valence-electron chi connectivity index (χ3n) is 5.34. The van der Waals surface area contributed by atoms with Crippen molar-refractivity contribution in [2.45, 2.75) is 20.0 Å². The zero-order valence-electron chi connectivity index (χ0n) is 16.4. The van der Waals surface area contributed by atoms with Crippen LogP contribution in [0.2, 0.25) is 5.02 Å². The van der Waals surface area contributed by atoms with Gasteiger partial charge in [0.25, 0.3) is 0 Å². The average molecular weight is 419 g/mol. The van der Waals surface area contributed by atoms with Crippen LogP contribution < -0.4 is 10.2 Å². The predicted molar refractivity (Wildman–Crippen MR) is 117 cm³/mol. The van der Waals surface area contributed by atoms with Crippen LogP contribution in [0.4, 0.5) is 0 Å². The van der Waals surface area contributed by atoms with E-state index in [2.05, 4.69) is 9.88 Å². The summed E-state index contributed by atoms with van der Waals surface area (Å²) >= 11 is 6.00. The predicted octanol–water partition coefficient (Wildman–Crippen LogP) is 5.17. The van der Waals surface area contributed by atoms with Crippen LogP contribution in [0.15, 0.2) is 70.1 Å². The van der Waals surface area contributed by atoms with Crippen molar-refractivity contribution in [2.24, 2.45) is 0 Å². The Hall–Kier alpha value is -3.15. The number of hydrogen-bond donors (Lipinski definition) is 0. The molecule has 30 heavy (non-hydrogen) atoms. The Bertz CT molecular complexity index is 1280. The normalized spacial score (nSPS) is 13.8. The van der Waals surface area contributed by atoms with Crippen molar-refractivity contribution in [3.8, 4) is 16.9 Å². The first kappa shape index (κ1) is 18.9. The molecule has 5 nitrogen and oxygen atoms in total. The Morgan fingerprint density at radius 3 is 2.73 bits per heavy atom. The molecular formula is C24H19ClN2O3. The summed E-state index contributed by atoms with van der Waals surface area (Å²) in [4.78, 5) is 19.7. The molecule has 0 atom stereocenters. The second kappa shape index (κ2) is 7.59. The molecule has 2 aromatic carbocycles. The molecule has 4 aromatic rings. The fraction of sp³-hybridized carbons (Fsp3) is 0.167. The first-order chi connectivity index (χ1) is 14.6. The zero-order chi connectivity index (χ0) is 20.7. The summed E-state index contributed by atoms with van der Waals surface area (Å²) in [5.74, 6) is 1.33. The number of hydrogen-bond acceptors (Lipinski definition) is 5. The second-order valence-electron chi connectivity index (χ2n) is 7.41. The molecule has 0 unspecified atom stereocenters. The Morgan fingerprint density at radius 2 is 1.97 bits per heavy atom. The van der Waals surface area contributed by atoms with Gasteiger partial charge in [0.1, 0.15) is 23.8 Å². The lowest BCUT2D eigenvalue weighted by molar-refractivity contribution is 0.0889. The quantitative estimate of drug-likeness (QED) is 0.459. The van der Waals surface area contributed by atoms with E-state index in [-0.39, 0.29) is 5.43 Å². The monoisotopic (exact) mass is 418 g/mol. The van der Waals surface area contributed by atoms with Crippen LogP contribution in [-0.2, 0) is 13.1 Å². The van der Waals surface area contributed by atoms with Gasteiger partial charge in [-0.25, -0.2) is 0 Å². The molecule has 1 aliphatic heterocycles. The van der Waals surface area contributed by atoms with Crippen LogP contribution in [0.3, 0.4) is 0 Å². The van der Waals surface area contributed by atoms with Gasteiger partial charge in [0.2, 0.25) is 5.43 Å². The number of rotatable bonds is 3. The topological polar surface area (TPSA) is 55.6 Å². The smallest absolute Gasteiger partial charge is 0.200 e. The summed E-state index contributed by atoms with van der Waals surface area (Å²) in [5, 5.41) is 1.18. The Labute approximate surface area is 178 Å². The average Bonchev–Trinajstić information content (AvgIpc) is 2.76. The van der Waals surface area contributed by atoms with Crippen molar-refractivity contribution in [2.75, 3.05) is 6.73 Å². The summed E-state index contributed by atoms with van der Waals surface area (Å²) in [6.07, 6.45) is 3.61. The van der Waals surface area contributed by atoms with Crippen LogP contribution in [0.5, 0.6) is 5.75 Å². The minimum atomic E-state index is -0.0525. The summed E-state index contributed by atoms with van der Waals surface area (Å²) in [5.41, 5.74) is 3.88. The number of aromatic nitrogens is 1. The summed E-state index contributed by atoms with van der Waals surface area (Å²) in [7, 11) is 0. The van der Waals surface area contributed by atoms with Crippen molar-refractivity contribution in [1.82, 2.24) is 9.88 Å². The largest absolute Gasteiger partial charge is 0.478 e. The lowest BCUT2D eigenvalue weighted by atomic mass is 10.0. The molecule has 0 fully saturated rings. The number of benzene rings is 2. The van der Waals surface area contributed by atoms with E-state index in [9.17, 15) is 4.79 Å². The van der Waals surface area contributed by atoms with E-state index in [0.29, 0.717) is 47.1 Å². The number of halogens is 1. The highest BCUT2D eigenvalue weighted by Crippen LogP contribution is 2.34. The van der Waals surface area contributed by atoms with Gasteiger partial charge >= 0.3 is 0 Å². The minimum Gasteiger partial charge on any atom is -0.478 e. The van der Waals surface area contributed by atoms with Gasteiger partial charge in [-0.3, -0.25) is 14.7 Å². The van der Waals surface area contributed by atoms with Crippen molar-refractivity contribution in [3.63, 3.8) is 0 Å². The number of pyridine rings is 1. The van der Waals surface area contributed by atoms with Gasteiger partial charge in [0, 0.05) is 30.5 Å². The number of ether oxygens (including phenoxy) is 1. The lowest BCUT2D eigenvalue weighted by Gasteiger charge is -2.29. The Balaban J connectivity index is 1.58. The summed E-state index contributed by atoms with van der Waals surface area (Å²) < 4.78 is 12.2. The van der Waals surface area contributed by atoms with Gasteiger partial charge in [0.15, 0.2) is 0 Å². The van der Waals surface area contributed by atoms with Gasteiger partial charge in [-0.2, -0.15) is 0 Å². The molecule has 2 aromatic heterocycles. The minimum absolute atomic E-state index is 0.0525. The third-order valence-corrected chi connectivity index (χ3v) is 5.59. The van der Waals surface area contributed by atoms with Gasteiger partial charge in [-0.1, -0.05) is 29.8 Å². The first-order valence-corrected chi connectivity index (χ1v) is 10.1. The maximum absolute atomic E-state index is 13.3. The molecule has 150 valence electrons. The molecule has 0 spiro atoms. The number of nitrogens with zero attached hydrogens (tertiary/aromatic N) is 2. The van der Waals surface area contributed by atoms with Gasteiger partial charge < -0.3 is 9.15 Å². The summed E-state index contributed by atoms with van der Waals surface area (Å²) in [6, 6.07) is 14.8. The van der Waals surface area contributed by atoms with Crippen molar-refractivity contribution >= 4 is 22.6 Å². The molecule has 0 saturated heterocycles. The number of aryl methyl sites for hydroxylation is 1. The SMILES string of the molecule is Cc1oc2c3c(ccc2c(=O)c1-c1ccc(Cl)cc1)OCN(Cc1cccnc1)C3. The lowest BCUT2D eigenvalue weighted by Crippen LogP contribution is -2.31. The molecular weight excluding hydrogens is 400 g/mol. The fourth-order valence-corrected chi connectivity index (χ4v) is 4.05. The molecule has 3 heterocycles. The zero-order valence-corrected chi connectivity index (χ0v) is 17.1. The van der Waals surface area contributed by atoms with E-state index in [1.807, 2.05) is 43.5 Å². The van der Waals surface area contributed by atoms with E-state index in [4.69, 9.17) is 20.8 Å². The highest BCUT2D eigenvalue weighted by Gasteiger charge is 2.24. The van der Waals surface area contributed by atoms with Crippen LogP contribution in [0.25, 0.3) is 22.1 Å². The van der Waals surface area contributed by atoms with Crippen LogP contribution in [0, 0.1) is 6.92 Å². The standard InChI is InChI=1S/C24H19ClN2O3/c1-15-22(17-4-6-18(25)7-5-17)23(28)19-8-9-21-20(24(19)30-15)13-27(14-29-21)12-16-3-2-10-26-11-16/h2-11H,12-14H2,1H3. The third kappa shape index (κ3) is 3.36. The Kier molecular flexibility index (Phi) is 4.77.